The average Bonchev–Trinajstić information content (AvgIpc) is 2.74. The predicted molar refractivity (Wildman–Crippen MR) is 112 cm³/mol. The van der Waals surface area contributed by atoms with Gasteiger partial charge in [-0.15, -0.1) is 0 Å². The Labute approximate surface area is 170 Å². The van der Waals surface area contributed by atoms with Gasteiger partial charge in [0.25, 0.3) is 5.91 Å². The summed E-state index contributed by atoms with van der Waals surface area (Å²) in [4.78, 5) is 19.4. The number of amides is 1. The number of aromatic nitrogens is 1. The van der Waals surface area contributed by atoms with Crippen molar-refractivity contribution in [3.63, 3.8) is 0 Å². The van der Waals surface area contributed by atoms with Crippen LogP contribution in [-0.2, 0) is 10.0 Å². The van der Waals surface area contributed by atoms with Crippen LogP contribution in [0.15, 0.2) is 59.6 Å². The number of benzene rings is 2. The molecule has 0 aliphatic carbocycles. The summed E-state index contributed by atoms with van der Waals surface area (Å²) >= 11 is 0. The Morgan fingerprint density at radius 2 is 1.66 bits per heavy atom. The highest BCUT2D eigenvalue weighted by Gasteiger charge is 2.31. The van der Waals surface area contributed by atoms with Gasteiger partial charge in [-0.3, -0.25) is 9.78 Å². The van der Waals surface area contributed by atoms with Gasteiger partial charge in [-0.2, -0.15) is 4.31 Å². The van der Waals surface area contributed by atoms with Crippen LogP contribution in [0.25, 0.3) is 10.9 Å². The quantitative estimate of drug-likeness (QED) is 0.667. The number of carbonyl (C=O) groups excluding carboxylic acids is 1. The van der Waals surface area contributed by atoms with Gasteiger partial charge in [-0.25, -0.2) is 8.42 Å². The van der Waals surface area contributed by atoms with Crippen molar-refractivity contribution in [2.75, 3.05) is 26.2 Å². The summed E-state index contributed by atoms with van der Waals surface area (Å²) in [7, 11) is -3.56. The number of rotatable bonds is 3. The van der Waals surface area contributed by atoms with Gasteiger partial charge in [-0.1, -0.05) is 24.3 Å². The van der Waals surface area contributed by atoms with Gasteiger partial charge in [0, 0.05) is 37.8 Å². The molecule has 2 aromatic carbocycles. The molecule has 0 saturated carbocycles. The van der Waals surface area contributed by atoms with Crippen LogP contribution in [-0.4, -0.2) is 54.7 Å². The molecule has 0 unspecified atom stereocenters. The van der Waals surface area contributed by atoms with E-state index in [0.717, 1.165) is 22.0 Å². The highest BCUT2D eigenvalue weighted by Crippen LogP contribution is 2.22. The number of sulfonamides is 1. The molecule has 1 amide bonds. The molecule has 4 rings (SSSR count). The molecular formula is C22H23N3O3S. The molecule has 2 heterocycles. The number of nitrogens with zero attached hydrogens (tertiary/aromatic N) is 3. The number of fused-ring (bicyclic) bond motifs is 1. The molecule has 1 saturated heterocycles. The maximum absolute atomic E-state index is 13.1. The van der Waals surface area contributed by atoms with E-state index in [1.807, 2.05) is 44.2 Å². The molecule has 1 fully saturated rings. The molecule has 0 atom stereocenters. The lowest BCUT2D eigenvalue weighted by Crippen LogP contribution is -2.50. The number of aryl methyl sites for hydroxylation is 2. The number of carbonyl (C=O) groups is 1. The molecule has 0 N–H and O–H groups in total. The Morgan fingerprint density at radius 1 is 0.931 bits per heavy atom. The van der Waals surface area contributed by atoms with Crippen LogP contribution in [0.4, 0.5) is 0 Å². The van der Waals surface area contributed by atoms with Crippen LogP contribution in [0.2, 0.25) is 0 Å². The van der Waals surface area contributed by atoms with E-state index in [4.69, 9.17) is 0 Å². The fourth-order valence-corrected chi connectivity index (χ4v) is 5.12. The Balaban J connectivity index is 1.51. The smallest absolute Gasteiger partial charge is 0.254 e. The van der Waals surface area contributed by atoms with Gasteiger partial charge < -0.3 is 4.90 Å². The SMILES string of the molecule is Cc1ccc(S(=O)(=O)N2CCN(C(=O)c3ccnc4ccccc34)CC2)cc1C. The molecule has 29 heavy (non-hydrogen) atoms. The van der Waals surface area contributed by atoms with Crippen LogP contribution in [0, 0.1) is 13.8 Å². The van der Waals surface area contributed by atoms with E-state index in [0.29, 0.717) is 23.5 Å². The summed E-state index contributed by atoms with van der Waals surface area (Å²) in [6, 6.07) is 14.5. The topological polar surface area (TPSA) is 70.6 Å². The highest BCUT2D eigenvalue weighted by atomic mass is 32.2. The van der Waals surface area contributed by atoms with Crippen LogP contribution in [0.3, 0.4) is 0 Å². The summed E-state index contributed by atoms with van der Waals surface area (Å²) < 4.78 is 27.4. The first-order valence-electron chi connectivity index (χ1n) is 9.58. The van der Waals surface area contributed by atoms with E-state index in [-0.39, 0.29) is 19.0 Å². The zero-order chi connectivity index (χ0) is 20.6. The van der Waals surface area contributed by atoms with Gasteiger partial charge in [0.15, 0.2) is 0 Å². The van der Waals surface area contributed by atoms with Crippen molar-refractivity contribution in [3.8, 4) is 0 Å². The second kappa shape index (κ2) is 7.57. The molecule has 0 radical (unpaired) electrons. The Bertz CT molecular complexity index is 1180. The normalized spacial score (nSPS) is 15.6. The third-order valence-corrected chi connectivity index (χ3v) is 7.42. The third kappa shape index (κ3) is 3.63. The second-order valence-electron chi connectivity index (χ2n) is 7.32. The van der Waals surface area contributed by atoms with Gasteiger partial charge >= 0.3 is 0 Å². The van der Waals surface area contributed by atoms with Gasteiger partial charge in [0.2, 0.25) is 10.0 Å². The van der Waals surface area contributed by atoms with Crippen molar-refractivity contribution >= 4 is 26.8 Å². The average molecular weight is 410 g/mol. The maximum Gasteiger partial charge on any atom is 0.254 e. The van der Waals surface area contributed by atoms with Crippen molar-refractivity contribution in [1.29, 1.82) is 0 Å². The van der Waals surface area contributed by atoms with E-state index in [2.05, 4.69) is 4.98 Å². The Morgan fingerprint density at radius 3 is 2.38 bits per heavy atom. The summed E-state index contributed by atoms with van der Waals surface area (Å²) in [6.45, 7) is 5.15. The minimum Gasteiger partial charge on any atom is -0.336 e. The fourth-order valence-electron chi connectivity index (χ4n) is 3.61. The van der Waals surface area contributed by atoms with Gasteiger partial charge in [0.05, 0.1) is 16.0 Å². The zero-order valence-electron chi connectivity index (χ0n) is 16.5. The second-order valence-corrected chi connectivity index (χ2v) is 9.26. The summed E-state index contributed by atoms with van der Waals surface area (Å²) in [6.07, 6.45) is 1.63. The molecule has 3 aromatic rings. The van der Waals surface area contributed by atoms with Gasteiger partial charge in [0.1, 0.15) is 0 Å². The van der Waals surface area contributed by atoms with E-state index < -0.39 is 10.0 Å². The van der Waals surface area contributed by atoms with Crippen molar-refractivity contribution in [2.45, 2.75) is 18.7 Å². The largest absolute Gasteiger partial charge is 0.336 e. The first kappa shape index (κ1) is 19.5. The highest BCUT2D eigenvalue weighted by molar-refractivity contribution is 7.89. The number of pyridine rings is 1. The molecule has 1 aliphatic heterocycles. The third-order valence-electron chi connectivity index (χ3n) is 5.52. The predicted octanol–water partition coefficient (Wildman–Crippen LogP) is 3.00. The Kier molecular flexibility index (Phi) is 5.10. The molecular weight excluding hydrogens is 386 g/mol. The zero-order valence-corrected chi connectivity index (χ0v) is 17.3. The lowest BCUT2D eigenvalue weighted by Gasteiger charge is -2.34. The van der Waals surface area contributed by atoms with Crippen molar-refractivity contribution < 1.29 is 13.2 Å². The van der Waals surface area contributed by atoms with E-state index in [1.165, 1.54) is 4.31 Å². The number of para-hydroxylation sites is 1. The molecule has 1 aliphatic rings. The van der Waals surface area contributed by atoms with Crippen LogP contribution in [0.5, 0.6) is 0 Å². The number of piperazine rings is 1. The van der Waals surface area contributed by atoms with E-state index in [1.54, 1.807) is 29.3 Å². The standard InChI is InChI=1S/C22H23N3O3S/c1-16-7-8-18(15-17(16)2)29(27,28)25-13-11-24(12-14-25)22(26)20-9-10-23-21-6-4-3-5-19(20)21/h3-10,15H,11-14H2,1-2H3. The van der Waals surface area contributed by atoms with E-state index in [9.17, 15) is 13.2 Å². The van der Waals surface area contributed by atoms with Crippen LogP contribution < -0.4 is 0 Å². The molecule has 0 spiro atoms. The molecule has 150 valence electrons. The Hall–Kier alpha value is -2.77. The van der Waals surface area contributed by atoms with Gasteiger partial charge in [-0.05, 0) is 49.2 Å². The molecule has 7 heteroatoms. The summed E-state index contributed by atoms with van der Waals surface area (Å²) in [5.74, 6) is -0.0909. The van der Waals surface area contributed by atoms with Crippen LogP contribution in [0.1, 0.15) is 21.5 Å². The van der Waals surface area contributed by atoms with Crippen molar-refractivity contribution in [2.24, 2.45) is 0 Å². The van der Waals surface area contributed by atoms with Crippen molar-refractivity contribution in [3.05, 3.63) is 71.4 Å². The van der Waals surface area contributed by atoms with E-state index >= 15 is 0 Å². The van der Waals surface area contributed by atoms with Crippen molar-refractivity contribution in [1.82, 2.24) is 14.2 Å². The number of hydrogen-bond acceptors (Lipinski definition) is 4. The minimum atomic E-state index is -3.56. The molecule has 0 bridgehead atoms. The maximum atomic E-state index is 13.1. The molecule has 1 aromatic heterocycles. The lowest BCUT2D eigenvalue weighted by molar-refractivity contribution is 0.0700. The molecule has 6 nitrogen and oxygen atoms in total. The fraction of sp³-hybridized carbons (Fsp3) is 0.273. The van der Waals surface area contributed by atoms with Crippen LogP contribution >= 0.6 is 0 Å². The number of hydrogen-bond donors (Lipinski definition) is 0. The minimum absolute atomic E-state index is 0.0909. The first-order valence-corrected chi connectivity index (χ1v) is 11.0. The summed E-state index contributed by atoms with van der Waals surface area (Å²) in [5, 5.41) is 0.810. The first-order chi connectivity index (χ1) is 13.9. The lowest BCUT2D eigenvalue weighted by atomic mass is 10.1. The summed E-state index contributed by atoms with van der Waals surface area (Å²) in [5.41, 5.74) is 3.38. The monoisotopic (exact) mass is 409 g/mol.